The standard InChI is InChI=1S/C26H24N4O3/c1-18(31)27-21-9-6-10-22(15-21)28-26(32)24-17-30(16-19-7-4-3-5-8-19)29-25(24)20-11-13-23(33-2)14-12-20/h3-15,17H,16H2,1-2H3,(H,27,31)(H,28,32). The first-order valence-corrected chi connectivity index (χ1v) is 10.5. The minimum atomic E-state index is -0.292. The van der Waals surface area contributed by atoms with Crippen LogP contribution in [0.1, 0.15) is 22.8 Å². The van der Waals surface area contributed by atoms with Crippen LogP contribution in [0.25, 0.3) is 11.3 Å². The van der Waals surface area contributed by atoms with Crippen LogP contribution >= 0.6 is 0 Å². The van der Waals surface area contributed by atoms with E-state index in [0.29, 0.717) is 29.2 Å². The highest BCUT2D eigenvalue weighted by molar-refractivity contribution is 6.08. The molecule has 0 saturated heterocycles. The zero-order valence-corrected chi connectivity index (χ0v) is 18.4. The van der Waals surface area contributed by atoms with E-state index in [2.05, 4.69) is 10.6 Å². The van der Waals surface area contributed by atoms with Crippen molar-refractivity contribution in [2.24, 2.45) is 0 Å². The van der Waals surface area contributed by atoms with Crippen molar-refractivity contribution >= 4 is 23.2 Å². The molecule has 0 saturated carbocycles. The van der Waals surface area contributed by atoms with Crippen LogP contribution in [-0.2, 0) is 11.3 Å². The Morgan fingerprint density at radius 3 is 2.27 bits per heavy atom. The molecular weight excluding hydrogens is 416 g/mol. The summed E-state index contributed by atoms with van der Waals surface area (Å²) in [5.74, 6) is 0.255. The summed E-state index contributed by atoms with van der Waals surface area (Å²) in [6.45, 7) is 1.98. The number of methoxy groups -OCH3 is 1. The van der Waals surface area contributed by atoms with Gasteiger partial charge in [0.25, 0.3) is 5.91 Å². The minimum Gasteiger partial charge on any atom is -0.497 e. The van der Waals surface area contributed by atoms with E-state index in [9.17, 15) is 9.59 Å². The van der Waals surface area contributed by atoms with Gasteiger partial charge in [-0.2, -0.15) is 5.10 Å². The Kier molecular flexibility index (Phi) is 6.50. The van der Waals surface area contributed by atoms with Gasteiger partial charge in [-0.25, -0.2) is 0 Å². The highest BCUT2D eigenvalue weighted by atomic mass is 16.5. The fourth-order valence-electron chi connectivity index (χ4n) is 3.48. The maximum Gasteiger partial charge on any atom is 0.259 e. The molecule has 0 fully saturated rings. The van der Waals surface area contributed by atoms with Crippen LogP contribution in [0.4, 0.5) is 11.4 Å². The molecule has 1 heterocycles. The van der Waals surface area contributed by atoms with Gasteiger partial charge >= 0.3 is 0 Å². The van der Waals surface area contributed by atoms with Crippen LogP contribution in [0.15, 0.2) is 85.1 Å². The van der Waals surface area contributed by atoms with Gasteiger partial charge in [0.2, 0.25) is 5.91 Å². The first kappa shape index (κ1) is 21.8. The molecule has 0 bridgehead atoms. The van der Waals surface area contributed by atoms with Crippen molar-refractivity contribution in [2.45, 2.75) is 13.5 Å². The van der Waals surface area contributed by atoms with Crippen molar-refractivity contribution in [1.82, 2.24) is 9.78 Å². The number of ether oxygens (including phenoxy) is 1. The summed E-state index contributed by atoms with van der Waals surface area (Å²) in [5, 5.41) is 10.3. The first-order valence-electron chi connectivity index (χ1n) is 10.5. The number of aromatic nitrogens is 2. The lowest BCUT2D eigenvalue weighted by molar-refractivity contribution is -0.114. The Morgan fingerprint density at radius 2 is 1.61 bits per heavy atom. The highest BCUT2D eigenvalue weighted by Crippen LogP contribution is 2.26. The molecule has 3 aromatic carbocycles. The Morgan fingerprint density at radius 1 is 0.909 bits per heavy atom. The average Bonchev–Trinajstić information content (AvgIpc) is 3.23. The van der Waals surface area contributed by atoms with Gasteiger partial charge in [-0.15, -0.1) is 0 Å². The molecule has 4 aromatic rings. The average molecular weight is 441 g/mol. The lowest BCUT2D eigenvalue weighted by Crippen LogP contribution is -2.13. The summed E-state index contributed by atoms with van der Waals surface area (Å²) < 4.78 is 7.01. The van der Waals surface area contributed by atoms with Gasteiger partial charge in [-0.05, 0) is 48.0 Å². The Bertz CT molecular complexity index is 1260. The molecule has 0 aliphatic carbocycles. The van der Waals surface area contributed by atoms with Gasteiger partial charge in [0.1, 0.15) is 11.4 Å². The van der Waals surface area contributed by atoms with Crippen LogP contribution in [0.5, 0.6) is 5.75 Å². The number of anilines is 2. The maximum absolute atomic E-state index is 13.3. The number of carbonyl (C=O) groups excluding carboxylic acids is 2. The second kappa shape index (κ2) is 9.82. The molecule has 0 atom stereocenters. The number of carbonyl (C=O) groups is 2. The molecule has 0 radical (unpaired) electrons. The molecule has 1 aromatic heterocycles. The molecule has 0 unspecified atom stereocenters. The van der Waals surface area contributed by atoms with E-state index in [0.717, 1.165) is 16.9 Å². The van der Waals surface area contributed by atoms with E-state index in [4.69, 9.17) is 9.84 Å². The lowest BCUT2D eigenvalue weighted by Gasteiger charge is -2.08. The number of amides is 2. The number of hydrogen-bond donors (Lipinski definition) is 2. The lowest BCUT2D eigenvalue weighted by atomic mass is 10.1. The summed E-state index contributed by atoms with van der Waals surface area (Å²) in [4.78, 5) is 24.6. The second-order valence-electron chi connectivity index (χ2n) is 7.52. The summed E-state index contributed by atoms with van der Waals surface area (Å²) in [6, 6.07) is 24.4. The van der Waals surface area contributed by atoms with Crippen molar-refractivity contribution in [3.05, 3.63) is 96.2 Å². The summed E-state index contributed by atoms with van der Waals surface area (Å²) in [6.07, 6.45) is 1.75. The van der Waals surface area contributed by atoms with E-state index in [1.807, 2.05) is 54.6 Å². The van der Waals surface area contributed by atoms with Crippen molar-refractivity contribution in [2.75, 3.05) is 17.7 Å². The van der Waals surface area contributed by atoms with E-state index in [-0.39, 0.29) is 11.8 Å². The molecule has 0 aliphatic heterocycles. The zero-order chi connectivity index (χ0) is 23.2. The largest absolute Gasteiger partial charge is 0.497 e. The van der Waals surface area contributed by atoms with E-state index in [1.165, 1.54) is 6.92 Å². The predicted molar refractivity (Wildman–Crippen MR) is 128 cm³/mol. The van der Waals surface area contributed by atoms with Crippen molar-refractivity contribution in [1.29, 1.82) is 0 Å². The van der Waals surface area contributed by atoms with Crippen LogP contribution in [0, 0.1) is 0 Å². The number of nitrogens with one attached hydrogen (secondary N) is 2. The van der Waals surface area contributed by atoms with E-state index < -0.39 is 0 Å². The van der Waals surface area contributed by atoms with Gasteiger partial charge in [-0.1, -0.05) is 36.4 Å². The molecule has 7 nitrogen and oxygen atoms in total. The Hall–Kier alpha value is -4.39. The molecule has 0 spiro atoms. The summed E-state index contributed by atoms with van der Waals surface area (Å²) in [7, 11) is 1.61. The monoisotopic (exact) mass is 440 g/mol. The van der Waals surface area contributed by atoms with Crippen molar-refractivity contribution < 1.29 is 14.3 Å². The number of rotatable bonds is 7. The second-order valence-corrected chi connectivity index (χ2v) is 7.52. The van der Waals surface area contributed by atoms with Gasteiger partial charge < -0.3 is 15.4 Å². The minimum absolute atomic E-state index is 0.178. The molecule has 4 rings (SSSR count). The predicted octanol–water partition coefficient (Wildman–Crippen LogP) is 4.82. The van der Waals surface area contributed by atoms with Crippen molar-refractivity contribution in [3.63, 3.8) is 0 Å². The number of hydrogen-bond acceptors (Lipinski definition) is 4. The first-order chi connectivity index (χ1) is 16.0. The molecule has 0 aliphatic rings. The molecule has 2 amide bonds. The Labute approximate surface area is 192 Å². The fourth-order valence-corrected chi connectivity index (χ4v) is 3.48. The molecule has 7 heteroatoms. The van der Waals surface area contributed by atoms with Gasteiger partial charge in [0.05, 0.1) is 19.2 Å². The Balaban J connectivity index is 1.66. The normalized spacial score (nSPS) is 10.5. The van der Waals surface area contributed by atoms with Crippen molar-refractivity contribution in [3.8, 4) is 17.0 Å². The highest BCUT2D eigenvalue weighted by Gasteiger charge is 2.19. The fraction of sp³-hybridized carbons (Fsp3) is 0.115. The van der Waals surface area contributed by atoms with Crippen LogP contribution in [-0.4, -0.2) is 28.7 Å². The molecule has 166 valence electrons. The van der Waals surface area contributed by atoms with Gasteiger partial charge in [0.15, 0.2) is 0 Å². The number of nitrogens with zero attached hydrogens (tertiary/aromatic N) is 2. The van der Waals surface area contributed by atoms with Gasteiger partial charge in [0, 0.05) is 30.1 Å². The SMILES string of the molecule is COc1ccc(-c2nn(Cc3ccccc3)cc2C(=O)Nc2cccc(NC(C)=O)c2)cc1. The smallest absolute Gasteiger partial charge is 0.259 e. The molecular formula is C26H24N4O3. The van der Waals surface area contributed by atoms with Crippen LogP contribution < -0.4 is 15.4 Å². The van der Waals surface area contributed by atoms with Gasteiger partial charge in [-0.3, -0.25) is 14.3 Å². The third kappa shape index (κ3) is 5.46. The summed E-state index contributed by atoms with van der Waals surface area (Å²) >= 11 is 0. The summed E-state index contributed by atoms with van der Waals surface area (Å²) in [5.41, 5.74) is 4.08. The molecule has 33 heavy (non-hydrogen) atoms. The zero-order valence-electron chi connectivity index (χ0n) is 18.4. The maximum atomic E-state index is 13.3. The topological polar surface area (TPSA) is 85.2 Å². The quantitative estimate of drug-likeness (QED) is 0.432. The third-order valence-corrected chi connectivity index (χ3v) is 5.00. The van der Waals surface area contributed by atoms with Crippen LogP contribution in [0.2, 0.25) is 0 Å². The van der Waals surface area contributed by atoms with Crippen LogP contribution in [0.3, 0.4) is 0 Å². The van der Waals surface area contributed by atoms with E-state index in [1.54, 1.807) is 42.3 Å². The third-order valence-electron chi connectivity index (χ3n) is 5.00. The number of benzene rings is 3. The molecule has 2 N–H and O–H groups in total. The van der Waals surface area contributed by atoms with E-state index >= 15 is 0 Å².